The van der Waals surface area contributed by atoms with Gasteiger partial charge in [0, 0.05) is 5.10 Å². The van der Waals surface area contributed by atoms with Crippen LogP contribution in [-0.4, -0.2) is 9.78 Å². The maximum absolute atomic E-state index is 8.49. The van der Waals surface area contributed by atoms with Crippen LogP contribution in [0.2, 0.25) is 0 Å². The second kappa shape index (κ2) is 8.16. The van der Waals surface area contributed by atoms with E-state index in [0.717, 1.165) is 17.1 Å². The van der Waals surface area contributed by atoms with Gasteiger partial charge in [0.25, 0.3) is 0 Å². The van der Waals surface area contributed by atoms with Crippen molar-refractivity contribution in [1.82, 2.24) is 9.78 Å². The van der Waals surface area contributed by atoms with Crippen molar-refractivity contribution in [3.8, 4) is 17.1 Å². The smallest absolute Gasteiger partial charge is 0.222 e. The van der Waals surface area contributed by atoms with Gasteiger partial charge in [-0.3, -0.25) is 0 Å². The Bertz CT molecular complexity index is 861. The van der Waals surface area contributed by atoms with Gasteiger partial charge in [0.15, 0.2) is 0 Å². The average molecular weight is 392 g/mol. The lowest BCUT2D eigenvalue weighted by Crippen LogP contribution is -2.68. The average Bonchev–Trinajstić information content (AvgIpc) is 3.00. The summed E-state index contributed by atoms with van der Waals surface area (Å²) in [6, 6.07) is 18.8. The van der Waals surface area contributed by atoms with Crippen molar-refractivity contribution in [2.75, 3.05) is 0 Å². The first-order valence-electron chi connectivity index (χ1n) is 8.21. The van der Waals surface area contributed by atoms with Gasteiger partial charge < -0.3 is 0 Å². The fraction of sp³-hybridized carbons (Fsp3) is 0.263. The number of benzene rings is 2. The van der Waals surface area contributed by atoms with Crippen LogP contribution in [0.3, 0.4) is 0 Å². The van der Waals surface area contributed by atoms with E-state index < -0.39 is 10.2 Å². The first-order chi connectivity index (χ1) is 12.4. The molecule has 7 nitrogen and oxygen atoms in total. The van der Waals surface area contributed by atoms with Gasteiger partial charge >= 0.3 is 5.82 Å². The van der Waals surface area contributed by atoms with Gasteiger partial charge in [0.2, 0.25) is 6.33 Å². The Kier molecular flexibility index (Phi) is 6.35. The zero-order chi connectivity index (χ0) is 20.2. The number of rotatable bonds is 2. The molecule has 0 radical (unpaired) electrons. The predicted molar refractivity (Wildman–Crippen MR) is 88.9 cm³/mol. The predicted octanol–water partition coefficient (Wildman–Crippen LogP) is -0.866. The third-order valence-corrected chi connectivity index (χ3v) is 3.69. The molecule has 0 fully saturated rings. The van der Waals surface area contributed by atoms with Crippen LogP contribution in [0, 0.1) is 17.2 Å². The van der Waals surface area contributed by atoms with Crippen LogP contribution in [0.15, 0.2) is 60.9 Å². The van der Waals surface area contributed by atoms with E-state index in [-0.39, 0.29) is 5.54 Å². The van der Waals surface area contributed by atoms with Crippen LogP contribution >= 0.6 is 0 Å². The zero-order valence-electron chi connectivity index (χ0n) is 15.6. The Labute approximate surface area is 160 Å². The highest BCUT2D eigenvalue weighted by Gasteiger charge is 2.27. The molecule has 0 aliphatic carbocycles. The molecule has 27 heavy (non-hydrogen) atoms. The van der Waals surface area contributed by atoms with Crippen molar-refractivity contribution in [3.05, 3.63) is 66.5 Å². The Hall–Kier alpha value is -2.29. The number of nitrogens with zero attached hydrogens (tertiary/aromatic N) is 3. The van der Waals surface area contributed by atoms with Crippen molar-refractivity contribution < 1.29 is 33.4 Å². The maximum atomic E-state index is 8.49. The van der Waals surface area contributed by atoms with Crippen LogP contribution in [0.25, 0.3) is 17.1 Å². The van der Waals surface area contributed by atoms with E-state index in [0.29, 0.717) is 0 Å². The minimum Gasteiger partial charge on any atom is -0.222 e. The topological polar surface area (TPSA) is 114 Å². The molecule has 0 bridgehead atoms. The van der Waals surface area contributed by atoms with Crippen molar-refractivity contribution in [1.29, 1.82) is 0 Å². The quantitative estimate of drug-likeness (QED) is 0.527. The lowest BCUT2D eigenvalue weighted by Gasteiger charge is -2.17. The number of aromatic nitrogens is 3. The summed E-state index contributed by atoms with van der Waals surface area (Å²) in [6.07, 6.45) is 2.08. The van der Waals surface area contributed by atoms with Crippen LogP contribution < -0.4 is 23.2 Å². The molecule has 0 N–H and O–H groups in total. The number of halogens is 1. The zero-order valence-corrected chi connectivity index (χ0v) is 16.4. The van der Waals surface area contributed by atoms with Crippen LogP contribution in [0.4, 0.5) is 0 Å². The van der Waals surface area contributed by atoms with Crippen LogP contribution in [0.1, 0.15) is 26.3 Å². The van der Waals surface area contributed by atoms with E-state index in [1.807, 2.05) is 22.9 Å². The van der Waals surface area contributed by atoms with Gasteiger partial charge in [-0.25, -0.2) is 18.6 Å². The fourth-order valence-corrected chi connectivity index (χ4v) is 2.34. The Balaban J connectivity index is 0.000000465. The van der Waals surface area contributed by atoms with E-state index in [9.17, 15) is 0 Å². The highest BCUT2D eigenvalue weighted by molar-refractivity contribution is 5.51. The summed E-state index contributed by atoms with van der Waals surface area (Å²) in [5.41, 5.74) is 3.44. The first-order valence-corrected chi connectivity index (χ1v) is 9.44. The van der Waals surface area contributed by atoms with Gasteiger partial charge in [-0.05, 0) is 52.0 Å². The summed E-state index contributed by atoms with van der Waals surface area (Å²) in [5, 5.41) is 4.83. The molecule has 0 atom stereocenters. The van der Waals surface area contributed by atoms with Crippen molar-refractivity contribution in [3.63, 3.8) is 0 Å². The minimum atomic E-state index is -4.94. The van der Waals surface area contributed by atoms with Crippen molar-refractivity contribution >= 4 is 0 Å². The van der Waals surface area contributed by atoms with Gasteiger partial charge in [-0.15, -0.1) is 14.9 Å². The molecule has 0 saturated carbocycles. The summed E-state index contributed by atoms with van der Waals surface area (Å²) in [7, 11) is -4.94. The van der Waals surface area contributed by atoms with Gasteiger partial charge in [-0.2, -0.15) is 4.57 Å². The monoisotopic (exact) mass is 391 g/mol. The summed E-state index contributed by atoms with van der Waals surface area (Å²) >= 11 is 0. The molecular formula is C19H22ClN3O4. The molecule has 0 aliphatic heterocycles. The number of hydrogen-bond donors (Lipinski definition) is 0. The molecule has 2 aromatic carbocycles. The second-order valence-corrected chi connectivity index (χ2v) is 7.76. The largest absolute Gasteiger partial charge is 0.313 e. The highest BCUT2D eigenvalue weighted by Crippen LogP contribution is 2.18. The lowest BCUT2D eigenvalue weighted by atomic mass is 10.1. The fourth-order valence-electron chi connectivity index (χ4n) is 2.34. The standard InChI is InChI=1S/C19H22N3.ClHO4/c1-15-10-12-17(13-11-15)21-14-22(19(2,3)4)20-18(21)16-8-6-5-7-9-16;2-1(3,4)5/h5-14H,1-4H3;(H,2,3,4,5)/q+1;/p-1. The normalized spacial score (nSPS) is 11.7. The molecule has 8 heteroatoms. The van der Waals surface area contributed by atoms with E-state index in [1.54, 1.807) is 0 Å². The summed E-state index contributed by atoms with van der Waals surface area (Å²) in [5.74, 6) is 0.958. The summed E-state index contributed by atoms with van der Waals surface area (Å²) in [6.45, 7) is 8.59. The molecule has 0 aliphatic rings. The van der Waals surface area contributed by atoms with E-state index >= 15 is 0 Å². The first kappa shape index (κ1) is 21.0. The van der Waals surface area contributed by atoms with Gasteiger partial charge in [0.1, 0.15) is 11.2 Å². The maximum Gasteiger partial charge on any atom is 0.313 e. The Morgan fingerprint density at radius 2 is 1.41 bits per heavy atom. The highest BCUT2D eigenvalue weighted by atomic mass is 35.7. The molecule has 0 amide bonds. The lowest BCUT2D eigenvalue weighted by molar-refractivity contribution is -2.00. The molecule has 3 aromatic rings. The van der Waals surface area contributed by atoms with Gasteiger partial charge in [0.05, 0.1) is 5.56 Å². The Morgan fingerprint density at radius 3 is 1.89 bits per heavy atom. The van der Waals surface area contributed by atoms with Gasteiger partial charge in [-0.1, -0.05) is 35.9 Å². The van der Waals surface area contributed by atoms with Crippen molar-refractivity contribution in [2.45, 2.75) is 33.2 Å². The number of aryl methyl sites for hydroxylation is 1. The third-order valence-electron chi connectivity index (χ3n) is 3.69. The van der Waals surface area contributed by atoms with E-state index in [4.69, 9.17) is 23.7 Å². The SMILES string of the molecule is Cc1ccc(-[n+]2cn(C(C)(C)C)nc2-c2ccccc2)cc1.[O-][Cl+3]([O-])([O-])[O-]. The van der Waals surface area contributed by atoms with Crippen molar-refractivity contribution in [2.24, 2.45) is 0 Å². The summed E-state index contributed by atoms with van der Waals surface area (Å²) in [4.78, 5) is 0. The molecule has 0 spiro atoms. The second-order valence-electron chi connectivity index (χ2n) is 7.00. The van der Waals surface area contributed by atoms with E-state index in [1.165, 1.54) is 5.56 Å². The molecule has 3 rings (SSSR count). The molecular weight excluding hydrogens is 370 g/mol. The van der Waals surface area contributed by atoms with Crippen LogP contribution in [0.5, 0.6) is 0 Å². The summed E-state index contributed by atoms with van der Waals surface area (Å²) < 4.78 is 38.1. The molecule has 1 heterocycles. The molecule has 1 aromatic heterocycles. The third kappa shape index (κ3) is 6.42. The Morgan fingerprint density at radius 1 is 0.889 bits per heavy atom. The van der Waals surface area contributed by atoms with Crippen LogP contribution in [-0.2, 0) is 5.54 Å². The molecule has 0 unspecified atom stereocenters. The molecule has 0 saturated heterocycles. The number of hydrogen-bond acceptors (Lipinski definition) is 5. The van der Waals surface area contributed by atoms with E-state index in [2.05, 4.69) is 75.0 Å². The molecule has 144 valence electrons. The minimum absolute atomic E-state index is 0.0561.